The molecule has 0 aromatic rings. The fourth-order valence-electron chi connectivity index (χ4n) is 1.92. The summed E-state index contributed by atoms with van der Waals surface area (Å²) < 4.78 is 5.71. The highest BCUT2D eigenvalue weighted by molar-refractivity contribution is 5.82. The van der Waals surface area contributed by atoms with Gasteiger partial charge in [-0.1, -0.05) is 31.6 Å². The number of rotatable bonds is 11. The first-order valence-electron chi connectivity index (χ1n) is 7.77. The molecule has 0 aliphatic rings. The summed E-state index contributed by atoms with van der Waals surface area (Å²) in [5.74, 6) is -1.71. The van der Waals surface area contributed by atoms with E-state index in [-0.39, 0.29) is 6.42 Å². The van der Waals surface area contributed by atoms with Crippen molar-refractivity contribution in [1.82, 2.24) is 0 Å². The van der Waals surface area contributed by atoms with Crippen LogP contribution in [0.2, 0.25) is 0 Å². The number of allylic oxidation sites excluding steroid dienone is 3. The summed E-state index contributed by atoms with van der Waals surface area (Å²) in [5, 5.41) is 10.7. The Morgan fingerprint density at radius 1 is 1.09 bits per heavy atom. The van der Waals surface area contributed by atoms with E-state index in [1.807, 2.05) is 21.1 Å². The van der Waals surface area contributed by atoms with Gasteiger partial charge in [0.2, 0.25) is 0 Å². The van der Waals surface area contributed by atoms with Gasteiger partial charge in [-0.2, -0.15) is 0 Å². The van der Waals surface area contributed by atoms with Crippen LogP contribution in [0.3, 0.4) is 0 Å². The number of likely N-dealkylation sites (N-methyl/N-ethyl adjacent to an activating group) is 1. The normalized spacial score (nSPS) is 13.6. The van der Waals surface area contributed by atoms with Crippen molar-refractivity contribution in [3.8, 4) is 0 Å². The van der Waals surface area contributed by atoms with Gasteiger partial charge in [-0.05, 0) is 19.3 Å². The zero-order valence-electron chi connectivity index (χ0n) is 14.2. The fourth-order valence-corrected chi connectivity index (χ4v) is 1.92. The van der Waals surface area contributed by atoms with Crippen molar-refractivity contribution in [2.45, 2.75) is 45.1 Å². The van der Waals surface area contributed by atoms with Gasteiger partial charge in [-0.25, -0.2) is 4.79 Å². The molecule has 22 heavy (non-hydrogen) atoms. The van der Waals surface area contributed by atoms with Crippen LogP contribution in [0.15, 0.2) is 24.3 Å². The van der Waals surface area contributed by atoms with Gasteiger partial charge in [-0.3, -0.25) is 0 Å². The largest absolute Gasteiger partial charge is 0.550 e. The molecule has 5 nitrogen and oxygen atoms in total. The number of quaternary nitrogens is 1. The summed E-state index contributed by atoms with van der Waals surface area (Å²) in [6, 6.07) is 0. The molecule has 0 saturated heterocycles. The van der Waals surface area contributed by atoms with Gasteiger partial charge in [0, 0.05) is 18.5 Å². The average molecular weight is 311 g/mol. The molecule has 126 valence electrons. The third-order valence-electron chi connectivity index (χ3n) is 2.80. The number of ether oxygens (including phenoxy) is 1. The number of unbranched alkanes of at least 4 members (excludes halogenated alkanes) is 2. The Balaban J connectivity index is 4.23. The van der Waals surface area contributed by atoms with Crippen LogP contribution < -0.4 is 5.11 Å². The number of esters is 1. The standard InChI is InChI=1S/C17H29NO4/c1-5-6-7-8-9-10-11-12-17(21)22-15(13-16(19)20)14-18(2,3)4/h7-8,11-12,15H,5-6,9-10,13-14H2,1-4H3/b8-7+,12-11+. The molecule has 0 aliphatic carbocycles. The Morgan fingerprint density at radius 2 is 1.68 bits per heavy atom. The summed E-state index contributed by atoms with van der Waals surface area (Å²) >= 11 is 0. The van der Waals surface area contributed by atoms with E-state index in [4.69, 9.17) is 4.74 Å². The molecule has 0 heterocycles. The van der Waals surface area contributed by atoms with Crippen molar-refractivity contribution < 1.29 is 23.9 Å². The van der Waals surface area contributed by atoms with Gasteiger partial charge in [0.15, 0.2) is 6.10 Å². The number of hydrogen-bond donors (Lipinski definition) is 0. The Bertz CT molecular complexity index is 394. The molecule has 0 amide bonds. The molecule has 0 rings (SSSR count). The first-order valence-corrected chi connectivity index (χ1v) is 7.77. The number of carboxylic acids is 1. The van der Waals surface area contributed by atoms with Crippen molar-refractivity contribution in [3.63, 3.8) is 0 Å². The maximum absolute atomic E-state index is 11.7. The van der Waals surface area contributed by atoms with Gasteiger partial charge in [0.1, 0.15) is 6.54 Å². The lowest BCUT2D eigenvalue weighted by Gasteiger charge is -2.29. The van der Waals surface area contributed by atoms with Crippen LogP contribution in [0.4, 0.5) is 0 Å². The fraction of sp³-hybridized carbons (Fsp3) is 0.647. The second-order valence-electron chi connectivity index (χ2n) is 6.35. The van der Waals surface area contributed by atoms with E-state index in [1.165, 1.54) is 6.08 Å². The Labute approximate surface area is 133 Å². The molecule has 0 aromatic carbocycles. The van der Waals surface area contributed by atoms with Crippen LogP contribution in [0.1, 0.15) is 39.0 Å². The number of carbonyl (C=O) groups is 2. The van der Waals surface area contributed by atoms with E-state index >= 15 is 0 Å². The summed E-state index contributed by atoms with van der Waals surface area (Å²) in [5.41, 5.74) is 0. The van der Waals surface area contributed by atoms with Crippen molar-refractivity contribution in [1.29, 1.82) is 0 Å². The molecule has 0 bridgehead atoms. The number of carboxylic acid groups (broad SMARTS) is 1. The SMILES string of the molecule is CCC/C=C/CC/C=C/C(=O)OC(CC(=O)[O-])C[N+](C)(C)C. The van der Waals surface area contributed by atoms with Crippen LogP contribution >= 0.6 is 0 Å². The minimum Gasteiger partial charge on any atom is -0.550 e. The van der Waals surface area contributed by atoms with E-state index in [2.05, 4.69) is 19.1 Å². The number of aliphatic carboxylic acids is 1. The van der Waals surface area contributed by atoms with E-state index in [1.54, 1.807) is 6.08 Å². The molecule has 0 aliphatic heterocycles. The molecule has 0 saturated carbocycles. The second kappa shape index (κ2) is 11.0. The average Bonchev–Trinajstić information content (AvgIpc) is 2.34. The van der Waals surface area contributed by atoms with Crippen LogP contribution in [0, 0.1) is 0 Å². The van der Waals surface area contributed by atoms with Gasteiger partial charge >= 0.3 is 5.97 Å². The van der Waals surface area contributed by atoms with Gasteiger partial charge in [-0.15, -0.1) is 0 Å². The lowest BCUT2D eigenvalue weighted by Crippen LogP contribution is -2.45. The number of nitrogens with zero attached hydrogens (tertiary/aromatic N) is 1. The minimum absolute atomic E-state index is 0.283. The van der Waals surface area contributed by atoms with Crippen molar-refractivity contribution >= 4 is 11.9 Å². The van der Waals surface area contributed by atoms with Gasteiger partial charge in [0.25, 0.3) is 0 Å². The lowest BCUT2D eigenvalue weighted by atomic mass is 10.2. The van der Waals surface area contributed by atoms with E-state index in [9.17, 15) is 14.7 Å². The molecule has 5 heteroatoms. The quantitative estimate of drug-likeness (QED) is 0.190. The molecule has 0 radical (unpaired) electrons. The zero-order valence-corrected chi connectivity index (χ0v) is 14.2. The predicted molar refractivity (Wildman–Crippen MR) is 84.8 cm³/mol. The summed E-state index contributed by atoms with van der Waals surface area (Å²) in [6.45, 7) is 2.55. The molecular formula is C17H29NO4. The molecule has 0 N–H and O–H groups in total. The molecule has 0 spiro atoms. The van der Waals surface area contributed by atoms with Crippen LogP contribution in [-0.4, -0.2) is 50.2 Å². The third kappa shape index (κ3) is 13.4. The van der Waals surface area contributed by atoms with Crippen LogP contribution in [0.25, 0.3) is 0 Å². The van der Waals surface area contributed by atoms with E-state index < -0.39 is 18.0 Å². The Kier molecular flexibility index (Phi) is 10.2. The molecule has 0 aromatic heterocycles. The van der Waals surface area contributed by atoms with Crippen molar-refractivity contribution in [2.24, 2.45) is 0 Å². The first kappa shape index (κ1) is 20.4. The van der Waals surface area contributed by atoms with Crippen molar-refractivity contribution in [2.75, 3.05) is 27.7 Å². The summed E-state index contributed by atoms with van der Waals surface area (Å²) in [4.78, 5) is 22.4. The Morgan fingerprint density at radius 3 is 2.23 bits per heavy atom. The van der Waals surface area contributed by atoms with E-state index in [0.29, 0.717) is 11.0 Å². The second-order valence-corrected chi connectivity index (χ2v) is 6.35. The van der Waals surface area contributed by atoms with E-state index in [0.717, 1.165) is 25.7 Å². The highest BCUT2D eigenvalue weighted by Crippen LogP contribution is 2.05. The molecular weight excluding hydrogens is 282 g/mol. The topological polar surface area (TPSA) is 66.4 Å². The Hall–Kier alpha value is -1.62. The summed E-state index contributed by atoms with van der Waals surface area (Å²) in [7, 11) is 5.73. The zero-order chi connectivity index (χ0) is 17.0. The minimum atomic E-state index is -1.21. The van der Waals surface area contributed by atoms with Gasteiger partial charge in [0.05, 0.1) is 21.1 Å². The maximum Gasteiger partial charge on any atom is 0.330 e. The highest BCUT2D eigenvalue weighted by atomic mass is 16.5. The molecule has 1 atom stereocenters. The maximum atomic E-state index is 11.7. The van der Waals surface area contributed by atoms with Gasteiger partial charge < -0.3 is 19.1 Å². The molecule has 0 fully saturated rings. The summed E-state index contributed by atoms with van der Waals surface area (Å²) in [6.07, 6.45) is 10.2. The predicted octanol–water partition coefficient (Wildman–Crippen LogP) is 1.44. The van der Waals surface area contributed by atoms with Crippen molar-refractivity contribution in [3.05, 3.63) is 24.3 Å². The lowest BCUT2D eigenvalue weighted by molar-refractivity contribution is -0.873. The third-order valence-corrected chi connectivity index (χ3v) is 2.80. The van der Waals surface area contributed by atoms with Crippen LogP contribution in [0.5, 0.6) is 0 Å². The highest BCUT2D eigenvalue weighted by Gasteiger charge is 2.21. The first-order chi connectivity index (χ1) is 10.2. The number of carbonyl (C=O) groups excluding carboxylic acids is 2. The smallest absolute Gasteiger partial charge is 0.330 e. The van der Waals surface area contributed by atoms with Crippen LogP contribution in [-0.2, 0) is 14.3 Å². The molecule has 1 unspecified atom stereocenters. The monoisotopic (exact) mass is 311 g/mol. The number of hydrogen-bond acceptors (Lipinski definition) is 4.